The number of guanidine groups is 1. The molecule has 2 aromatic rings. The smallest absolute Gasteiger partial charge is 0.303 e. The number of carboxylic acids is 1. The number of hydrogen-bond acceptors (Lipinski definition) is 13. The number of nitrogens with two attached hydrogens (primary N) is 3. The Morgan fingerprint density at radius 3 is 1.51 bits per heavy atom. The van der Waals surface area contributed by atoms with Crippen molar-refractivity contribution in [2.45, 2.75) is 121 Å². The first-order valence-electron chi connectivity index (χ1n) is 22.6. The highest BCUT2D eigenvalue weighted by atomic mass is 16.4. The molecule has 16 N–H and O–H groups in total. The number of carbonyl (C=O) groups is 9. The van der Waals surface area contributed by atoms with E-state index >= 15 is 0 Å². The number of phenolic OH excluding ortho intramolecular Hbond substituents is 1. The average molecular weight is 968 g/mol. The Balaban J connectivity index is 2.54. The van der Waals surface area contributed by atoms with Crippen LogP contribution in [0, 0.1) is 11.8 Å². The number of nitrogens with zero attached hydrogens (tertiary/aromatic N) is 1. The molecule has 0 aromatic heterocycles. The zero-order valence-electron chi connectivity index (χ0n) is 39.4. The molecule has 23 nitrogen and oxygen atoms in total. The Kier molecular flexibility index (Phi) is 25.4. The molecule has 0 saturated carbocycles. The predicted octanol–water partition coefficient (Wildman–Crippen LogP) is -2.27. The second kappa shape index (κ2) is 30.3. The van der Waals surface area contributed by atoms with Crippen LogP contribution in [-0.2, 0) is 56.0 Å². The zero-order chi connectivity index (χ0) is 51.6. The molecule has 7 amide bonds. The van der Waals surface area contributed by atoms with Gasteiger partial charge in [-0.05, 0) is 67.2 Å². The first kappa shape index (κ1) is 58.0. The normalized spacial score (nSPS) is 14.0. The van der Waals surface area contributed by atoms with Crippen LogP contribution in [0.5, 0.6) is 5.75 Å². The van der Waals surface area contributed by atoms with Crippen LogP contribution < -0.4 is 54.4 Å². The van der Waals surface area contributed by atoms with Crippen LogP contribution in [0.15, 0.2) is 59.6 Å². The van der Waals surface area contributed by atoms with Gasteiger partial charge in [-0.1, -0.05) is 70.2 Å². The van der Waals surface area contributed by atoms with Crippen molar-refractivity contribution in [1.29, 1.82) is 0 Å². The highest BCUT2D eigenvalue weighted by molar-refractivity contribution is 5.97. The van der Waals surface area contributed by atoms with Crippen molar-refractivity contribution in [3.8, 4) is 5.75 Å². The molecular formula is C46H69N11O12. The van der Waals surface area contributed by atoms with Crippen LogP contribution in [0.3, 0.4) is 0 Å². The highest BCUT2D eigenvalue weighted by Gasteiger charge is 2.34. The summed E-state index contributed by atoms with van der Waals surface area (Å²) in [4.78, 5) is 123. The molecule has 0 fully saturated rings. The fourth-order valence-electron chi connectivity index (χ4n) is 6.84. The number of amides is 7. The van der Waals surface area contributed by atoms with Crippen molar-refractivity contribution in [3.05, 3.63) is 65.7 Å². The molecular weight excluding hydrogens is 899 g/mol. The number of aromatic hydroxyl groups is 1. The van der Waals surface area contributed by atoms with Gasteiger partial charge in [0.05, 0.1) is 13.2 Å². The number of hydrogen-bond donors (Lipinski definition) is 13. The van der Waals surface area contributed by atoms with Gasteiger partial charge in [-0.15, -0.1) is 0 Å². The van der Waals surface area contributed by atoms with E-state index in [0.717, 1.165) is 0 Å². The van der Waals surface area contributed by atoms with Gasteiger partial charge in [0.1, 0.15) is 54.3 Å². The van der Waals surface area contributed by atoms with E-state index in [-0.39, 0.29) is 75.0 Å². The fraction of sp³-hybridized carbons (Fsp3) is 0.522. The molecule has 0 aliphatic heterocycles. The SMILES string of the molecule is CC(C)C[C@H](NC(=O)[C@H](Cc1ccccc1)NC(=O)[C@H](CCCN=C(N)N)NC(=O)[C@H](CC(C)C)NC(=O)[C@@H](N)CO)C(=O)N[C@@H](Cc1ccc(O)cc1)C(=O)N[C@@H](CCC(=O)O)C(=O)NCC=O. The van der Waals surface area contributed by atoms with Gasteiger partial charge < -0.3 is 74.5 Å². The molecule has 380 valence electrons. The molecule has 0 unspecified atom stereocenters. The van der Waals surface area contributed by atoms with Gasteiger partial charge in [0, 0.05) is 25.8 Å². The van der Waals surface area contributed by atoms with Gasteiger partial charge in [-0.3, -0.25) is 43.3 Å². The summed E-state index contributed by atoms with van der Waals surface area (Å²) < 4.78 is 0. The molecule has 69 heavy (non-hydrogen) atoms. The number of aldehydes is 1. The Morgan fingerprint density at radius 2 is 1.04 bits per heavy atom. The van der Waals surface area contributed by atoms with E-state index in [0.29, 0.717) is 17.4 Å². The maximum absolute atomic E-state index is 14.4. The van der Waals surface area contributed by atoms with Gasteiger partial charge in [0.15, 0.2) is 5.96 Å². The number of phenols is 1. The average Bonchev–Trinajstić information content (AvgIpc) is 3.29. The van der Waals surface area contributed by atoms with Gasteiger partial charge in [0.2, 0.25) is 41.4 Å². The van der Waals surface area contributed by atoms with E-state index < -0.39 is 109 Å². The number of aliphatic hydroxyl groups excluding tert-OH is 1. The largest absolute Gasteiger partial charge is 0.508 e. The van der Waals surface area contributed by atoms with Crippen molar-refractivity contribution < 1.29 is 58.5 Å². The minimum Gasteiger partial charge on any atom is -0.508 e. The Morgan fingerprint density at radius 1 is 0.609 bits per heavy atom. The molecule has 0 spiro atoms. The predicted molar refractivity (Wildman–Crippen MR) is 253 cm³/mol. The molecule has 2 rings (SSSR count). The molecule has 0 aliphatic carbocycles. The topological polar surface area (TPSA) is 389 Å². The Labute approximate surface area is 400 Å². The Bertz CT molecular complexity index is 2050. The van der Waals surface area contributed by atoms with Crippen molar-refractivity contribution in [2.24, 2.45) is 34.0 Å². The Hall–Kier alpha value is -7.14. The van der Waals surface area contributed by atoms with Gasteiger partial charge in [-0.25, -0.2) is 0 Å². The number of nitrogens with one attached hydrogen (secondary N) is 7. The van der Waals surface area contributed by atoms with Crippen LogP contribution >= 0.6 is 0 Å². The first-order chi connectivity index (χ1) is 32.6. The number of rotatable bonds is 31. The quantitative estimate of drug-likeness (QED) is 0.0164. The molecule has 0 radical (unpaired) electrons. The van der Waals surface area contributed by atoms with E-state index in [1.54, 1.807) is 44.2 Å². The number of aliphatic carboxylic acids is 1. The highest BCUT2D eigenvalue weighted by Crippen LogP contribution is 2.15. The summed E-state index contributed by atoms with van der Waals surface area (Å²) in [6.45, 7) is 6.15. The summed E-state index contributed by atoms with van der Waals surface area (Å²) in [6.07, 6.45) is -0.464. The van der Waals surface area contributed by atoms with Crippen LogP contribution in [-0.4, -0.2) is 137 Å². The standard InChI is InChI=1S/C46H69N11O12/c1-26(2)21-34(54-39(63)31(47)25-59)42(66)52-32(11-8-18-51-46(48)49)41(65)56-36(23-28-9-6-5-7-10-28)45(69)55-35(22-27(3)4)43(67)57-37(24-29-12-14-30(60)15-13-29)44(68)53-33(16-17-38(61)62)40(64)50-19-20-58/h5-7,9-10,12-15,20,26-27,31-37,59-60H,8,11,16-19,21-25,47H2,1-4H3,(H,50,64)(H,52,66)(H,53,68)(H,54,63)(H,55,69)(H,56,65)(H,57,67)(H,61,62)(H4,48,49,51)/t31-,32-,33-,34-,35-,36-,37-/m0/s1. The van der Waals surface area contributed by atoms with Crippen molar-refractivity contribution in [1.82, 2.24) is 37.2 Å². The fourth-order valence-corrected chi connectivity index (χ4v) is 6.84. The van der Waals surface area contributed by atoms with E-state index in [9.17, 15) is 58.5 Å². The van der Waals surface area contributed by atoms with Crippen LogP contribution in [0.2, 0.25) is 0 Å². The third kappa shape index (κ3) is 22.5. The second-order valence-corrected chi connectivity index (χ2v) is 17.3. The van der Waals surface area contributed by atoms with E-state index in [2.05, 4.69) is 42.2 Å². The summed E-state index contributed by atoms with van der Waals surface area (Å²) in [5.41, 5.74) is 17.7. The third-order valence-electron chi connectivity index (χ3n) is 10.4. The van der Waals surface area contributed by atoms with Crippen molar-refractivity contribution in [2.75, 3.05) is 19.7 Å². The molecule has 7 atom stereocenters. The van der Waals surface area contributed by atoms with E-state index in [4.69, 9.17) is 17.2 Å². The van der Waals surface area contributed by atoms with Crippen LogP contribution in [0.4, 0.5) is 0 Å². The number of aliphatic imine (C=N–C) groups is 1. The minimum atomic E-state index is -1.44. The van der Waals surface area contributed by atoms with Crippen LogP contribution in [0.1, 0.15) is 77.3 Å². The number of aliphatic hydroxyl groups is 1. The summed E-state index contributed by atoms with van der Waals surface area (Å²) in [7, 11) is 0. The number of carbonyl (C=O) groups excluding carboxylic acids is 8. The number of carboxylic acid groups (broad SMARTS) is 1. The van der Waals surface area contributed by atoms with E-state index in [1.807, 2.05) is 13.8 Å². The van der Waals surface area contributed by atoms with Gasteiger partial charge >= 0.3 is 5.97 Å². The summed E-state index contributed by atoms with van der Waals surface area (Å²) >= 11 is 0. The summed E-state index contributed by atoms with van der Waals surface area (Å²) in [5, 5.41) is 46.6. The van der Waals surface area contributed by atoms with Crippen LogP contribution in [0.25, 0.3) is 0 Å². The van der Waals surface area contributed by atoms with Crippen molar-refractivity contribution >= 4 is 59.6 Å². The third-order valence-corrected chi connectivity index (χ3v) is 10.4. The summed E-state index contributed by atoms with van der Waals surface area (Å²) in [6, 6.07) is 4.95. The molecule has 0 bridgehead atoms. The maximum atomic E-state index is 14.4. The molecule has 0 saturated heterocycles. The lowest BCUT2D eigenvalue weighted by molar-refractivity contribution is -0.138. The van der Waals surface area contributed by atoms with Gasteiger partial charge in [-0.2, -0.15) is 0 Å². The second-order valence-electron chi connectivity index (χ2n) is 17.3. The molecule has 2 aromatic carbocycles. The minimum absolute atomic E-state index is 0.0266. The zero-order valence-corrected chi connectivity index (χ0v) is 39.4. The summed E-state index contributed by atoms with van der Waals surface area (Å²) in [5.74, 6) is -7.64. The van der Waals surface area contributed by atoms with Gasteiger partial charge in [0.25, 0.3) is 0 Å². The molecule has 23 heteroatoms. The lowest BCUT2D eigenvalue weighted by atomic mass is 9.99. The lowest BCUT2D eigenvalue weighted by Crippen LogP contribution is -2.60. The monoisotopic (exact) mass is 968 g/mol. The maximum Gasteiger partial charge on any atom is 0.303 e. The lowest BCUT2D eigenvalue weighted by Gasteiger charge is -2.28. The van der Waals surface area contributed by atoms with Crippen molar-refractivity contribution in [3.63, 3.8) is 0 Å². The number of benzene rings is 2. The molecule has 0 aliphatic rings. The molecule has 0 heterocycles. The first-order valence-corrected chi connectivity index (χ1v) is 22.6. The van der Waals surface area contributed by atoms with E-state index in [1.165, 1.54) is 24.3 Å².